The van der Waals surface area contributed by atoms with Gasteiger partial charge in [0.2, 0.25) is 5.95 Å². The number of nitrogens with two attached hydrogens (primary N) is 1. The molecule has 0 aliphatic carbocycles. The first-order valence-electron chi connectivity index (χ1n) is 5.62. The molecule has 0 spiro atoms. The van der Waals surface area contributed by atoms with Crippen LogP contribution in [0.5, 0.6) is 0 Å². The van der Waals surface area contributed by atoms with Crippen molar-refractivity contribution >= 4 is 33.0 Å². The van der Waals surface area contributed by atoms with Gasteiger partial charge in [0.25, 0.3) is 0 Å². The molecule has 0 fully saturated rings. The Labute approximate surface area is 117 Å². The van der Waals surface area contributed by atoms with Gasteiger partial charge in [-0.05, 0) is 41.1 Å². The van der Waals surface area contributed by atoms with E-state index in [1.165, 1.54) is 6.07 Å². The highest BCUT2D eigenvalue weighted by Crippen LogP contribution is 2.26. The fourth-order valence-corrected chi connectivity index (χ4v) is 2.41. The minimum Gasteiger partial charge on any atom is -0.369 e. The van der Waals surface area contributed by atoms with Crippen molar-refractivity contribution in [1.29, 1.82) is 0 Å². The third-order valence-electron chi connectivity index (χ3n) is 2.99. The molecule has 0 bridgehead atoms. The Balaban J connectivity index is 2.35. The topological polar surface area (TPSA) is 61.7 Å². The Morgan fingerprint density at radius 3 is 2.79 bits per heavy atom. The molecule has 0 aliphatic heterocycles. The van der Waals surface area contributed by atoms with Gasteiger partial charge >= 0.3 is 0 Å². The molecule has 19 heavy (non-hydrogen) atoms. The summed E-state index contributed by atoms with van der Waals surface area (Å²) in [5, 5.41) is 4.29. The zero-order valence-electron chi connectivity index (χ0n) is 10.4. The second-order valence-electron chi connectivity index (χ2n) is 4.29. The normalized spacial score (nSPS) is 11.4. The lowest BCUT2D eigenvalue weighted by molar-refractivity contribution is 0.620. The molecular weight excluding hydrogens is 313 g/mol. The molecule has 2 aromatic heterocycles. The third-order valence-corrected chi connectivity index (χ3v) is 3.63. The molecule has 0 saturated heterocycles. The predicted molar refractivity (Wildman–Crippen MR) is 74.6 cm³/mol. The maximum Gasteiger partial charge on any atom is 0.207 e. The fraction of sp³-hybridized carbons (Fsp3) is 0.167. The summed E-state index contributed by atoms with van der Waals surface area (Å²) in [5.74, 6) is -0.0366. The maximum atomic E-state index is 13.7. The third kappa shape index (κ3) is 1.73. The molecular formula is C12H11BrFN5. The Kier molecular flexibility index (Phi) is 2.60. The molecule has 1 aromatic carbocycles. The first-order valence-corrected chi connectivity index (χ1v) is 6.41. The van der Waals surface area contributed by atoms with E-state index >= 15 is 0 Å². The molecule has 2 N–H and O–H groups in total. The van der Waals surface area contributed by atoms with Gasteiger partial charge in [-0.2, -0.15) is 5.10 Å². The lowest BCUT2D eigenvalue weighted by atomic mass is 10.3. The number of aryl methyl sites for hydroxylation is 2. The number of imidazole rings is 1. The molecule has 5 nitrogen and oxygen atoms in total. The van der Waals surface area contributed by atoms with E-state index in [0.29, 0.717) is 16.1 Å². The molecule has 3 aromatic rings. The zero-order chi connectivity index (χ0) is 13.7. The number of fused-ring (bicyclic) bond motifs is 1. The van der Waals surface area contributed by atoms with Crippen LogP contribution < -0.4 is 5.73 Å². The second-order valence-corrected chi connectivity index (χ2v) is 5.14. The largest absolute Gasteiger partial charge is 0.369 e. The van der Waals surface area contributed by atoms with Gasteiger partial charge in [0.05, 0.1) is 15.9 Å². The van der Waals surface area contributed by atoms with Gasteiger partial charge in [-0.15, -0.1) is 0 Å². The minimum absolute atomic E-state index is 0.313. The van der Waals surface area contributed by atoms with Crippen LogP contribution in [0.3, 0.4) is 0 Å². The molecule has 0 unspecified atom stereocenters. The smallest absolute Gasteiger partial charge is 0.207 e. The summed E-state index contributed by atoms with van der Waals surface area (Å²) in [6.45, 7) is 1.86. The lowest BCUT2D eigenvalue weighted by Gasteiger charge is -2.07. The maximum absolute atomic E-state index is 13.7. The Bertz CT molecular complexity index is 789. The van der Waals surface area contributed by atoms with Crippen molar-refractivity contribution < 1.29 is 4.39 Å². The molecule has 2 heterocycles. The van der Waals surface area contributed by atoms with E-state index in [1.807, 2.05) is 14.0 Å². The van der Waals surface area contributed by atoms with Crippen LogP contribution in [0.1, 0.15) is 5.69 Å². The van der Waals surface area contributed by atoms with Crippen LogP contribution in [0, 0.1) is 12.7 Å². The number of halogens is 2. The van der Waals surface area contributed by atoms with E-state index in [2.05, 4.69) is 26.0 Å². The van der Waals surface area contributed by atoms with Crippen molar-refractivity contribution in [2.45, 2.75) is 6.92 Å². The predicted octanol–water partition coefficient (Wildman–Crippen LogP) is 2.55. The molecule has 0 atom stereocenters. The summed E-state index contributed by atoms with van der Waals surface area (Å²) in [6.07, 6.45) is 0. The van der Waals surface area contributed by atoms with Crippen LogP contribution >= 0.6 is 15.9 Å². The van der Waals surface area contributed by atoms with Gasteiger partial charge in [0.15, 0.2) is 5.65 Å². The first kappa shape index (κ1) is 12.2. The quantitative estimate of drug-likeness (QED) is 0.748. The van der Waals surface area contributed by atoms with Crippen molar-refractivity contribution in [2.24, 2.45) is 7.05 Å². The summed E-state index contributed by atoms with van der Waals surface area (Å²) >= 11 is 3.13. The Morgan fingerprint density at radius 2 is 2.11 bits per heavy atom. The van der Waals surface area contributed by atoms with Crippen LogP contribution in [0.25, 0.3) is 16.9 Å². The van der Waals surface area contributed by atoms with Gasteiger partial charge in [-0.25, -0.2) is 14.1 Å². The van der Waals surface area contributed by atoms with Gasteiger partial charge < -0.3 is 5.73 Å². The summed E-state index contributed by atoms with van der Waals surface area (Å²) < 4.78 is 17.4. The highest BCUT2D eigenvalue weighted by atomic mass is 79.9. The van der Waals surface area contributed by atoms with Crippen LogP contribution in [0.15, 0.2) is 22.7 Å². The highest BCUT2D eigenvalue weighted by Gasteiger charge is 2.17. The number of rotatable bonds is 1. The van der Waals surface area contributed by atoms with Gasteiger partial charge in [-0.1, -0.05) is 0 Å². The molecule has 7 heteroatoms. The van der Waals surface area contributed by atoms with E-state index in [1.54, 1.807) is 21.4 Å². The first-order chi connectivity index (χ1) is 8.99. The monoisotopic (exact) mass is 323 g/mol. The minimum atomic E-state index is -0.349. The fourth-order valence-electron chi connectivity index (χ4n) is 2.17. The van der Waals surface area contributed by atoms with Gasteiger partial charge in [-0.3, -0.25) is 4.57 Å². The SMILES string of the molecule is Cc1nn(C)c2c1nc(N)n2-c1ccc(Br)c(F)c1. The molecule has 0 saturated carbocycles. The van der Waals surface area contributed by atoms with Crippen molar-refractivity contribution in [3.05, 3.63) is 34.2 Å². The number of benzene rings is 1. The average Bonchev–Trinajstić information content (AvgIpc) is 2.82. The Morgan fingerprint density at radius 1 is 1.37 bits per heavy atom. The Hall–Kier alpha value is -1.89. The van der Waals surface area contributed by atoms with Crippen LogP contribution in [-0.2, 0) is 7.05 Å². The summed E-state index contributed by atoms with van der Waals surface area (Å²) in [6, 6.07) is 4.82. The number of nitrogen functional groups attached to an aromatic ring is 1. The van der Waals surface area contributed by atoms with Crippen molar-refractivity contribution in [3.8, 4) is 5.69 Å². The van der Waals surface area contributed by atoms with Crippen LogP contribution in [0.2, 0.25) is 0 Å². The van der Waals surface area contributed by atoms with Crippen molar-refractivity contribution in [2.75, 3.05) is 5.73 Å². The van der Waals surface area contributed by atoms with E-state index in [0.717, 1.165) is 16.9 Å². The molecule has 3 rings (SSSR count). The van der Waals surface area contributed by atoms with Crippen molar-refractivity contribution in [3.63, 3.8) is 0 Å². The summed E-state index contributed by atoms with van der Waals surface area (Å²) in [4.78, 5) is 4.29. The lowest BCUT2D eigenvalue weighted by Crippen LogP contribution is -2.05. The molecule has 98 valence electrons. The molecule has 0 aliphatic rings. The average molecular weight is 324 g/mol. The highest BCUT2D eigenvalue weighted by molar-refractivity contribution is 9.10. The second kappa shape index (κ2) is 4.06. The summed E-state index contributed by atoms with van der Waals surface area (Å²) in [5.41, 5.74) is 8.81. The standard InChI is InChI=1S/C12H11BrFN5/c1-6-10-11(18(2)17-6)19(12(15)16-10)7-3-4-8(13)9(14)5-7/h3-5H,1-2H3,(H2,15,16). The number of hydrogen-bond donors (Lipinski definition) is 1. The molecule has 0 radical (unpaired) electrons. The van der Waals surface area contributed by atoms with Crippen molar-refractivity contribution in [1.82, 2.24) is 19.3 Å². The summed E-state index contributed by atoms with van der Waals surface area (Å²) in [7, 11) is 1.81. The van der Waals surface area contributed by atoms with Gasteiger partial charge in [0, 0.05) is 7.05 Å². The number of hydrogen-bond acceptors (Lipinski definition) is 3. The van der Waals surface area contributed by atoms with E-state index in [9.17, 15) is 4.39 Å². The number of anilines is 1. The molecule has 0 amide bonds. The van der Waals surface area contributed by atoms with Crippen LogP contribution in [-0.4, -0.2) is 19.3 Å². The van der Waals surface area contributed by atoms with E-state index < -0.39 is 0 Å². The van der Waals surface area contributed by atoms with Crippen LogP contribution in [0.4, 0.5) is 10.3 Å². The van der Waals surface area contributed by atoms with Gasteiger partial charge in [0.1, 0.15) is 11.3 Å². The zero-order valence-corrected chi connectivity index (χ0v) is 11.9. The number of aromatic nitrogens is 4. The van der Waals surface area contributed by atoms with E-state index in [-0.39, 0.29) is 5.82 Å². The van der Waals surface area contributed by atoms with E-state index in [4.69, 9.17) is 5.73 Å². The number of nitrogens with zero attached hydrogens (tertiary/aromatic N) is 4.